The lowest BCUT2D eigenvalue weighted by atomic mass is 10.1. The highest BCUT2D eigenvalue weighted by Gasteiger charge is 2.17. The minimum Gasteiger partial charge on any atom is -0.508 e. The average molecular weight is 486 g/mol. The summed E-state index contributed by atoms with van der Waals surface area (Å²) in [7, 11) is 0. The number of aromatic amines is 1. The molecule has 3 aromatic rings. The van der Waals surface area contributed by atoms with Gasteiger partial charge in [0.2, 0.25) is 0 Å². The smallest absolute Gasteiger partial charge is 0.352 e. The number of phenols is 1. The number of amides is 2. The van der Waals surface area contributed by atoms with Gasteiger partial charge in [0.25, 0.3) is 11.8 Å². The molecule has 5 N–H and O–H groups in total. The first-order valence-electron chi connectivity index (χ1n) is 8.81. The Kier molecular flexibility index (Phi) is 6.78. The average Bonchev–Trinajstić information content (AvgIpc) is 3.24. The number of carboxylic acid groups (broad SMARTS) is 1. The van der Waals surface area contributed by atoms with E-state index in [2.05, 4.69) is 41.7 Å². The molecule has 0 aliphatic rings. The highest BCUT2D eigenvalue weighted by Crippen LogP contribution is 2.20. The number of aliphatic carboxylic acids is 1. The van der Waals surface area contributed by atoms with Gasteiger partial charge in [0.1, 0.15) is 23.6 Å². The third-order valence-electron chi connectivity index (χ3n) is 4.03. The second kappa shape index (κ2) is 9.67. The topological polar surface area (TPSA) is 157 Å². The van der Waals surface area contributed by atoms with Crippen molar-refractivity contribution < 1.29 is 24.6 Å². The van der Waals surface area contributed by atoms with Gasteiger partial charge in [0, 0.05) is 22.7 Å². The van der Waals surface area contributed by atoms with Crippen LogP contribution in [0.3, 0.4) is 0 Å². The number of rotatable bonds is 7. The molecule has 0 bridgehead atoms. The Bertz CT molecular complexity index is 1160. The molecule has 0 saturated heterocycles. The molecule has 0 fully saturated rings. The van der Waals surface area contributed by atoms with E-state index in [9.17, 15) is 24.6 Å². The summed E-state index contributed by atoms with van der Waals surface area (Å²) in [5, 5.41) is 29.9. The zero-order valence-corrected chi connectivity index (χ0v) is 17.4. The van der Waals surface area contributed by atoms with Gasteiger partial charge in [0.05, 0.1) is 5.56 Å². The maximum Gasteiger partial charge on any atom is 0.352 e. The van der Waals surface area contributed by atoms with E-state index in [-0.39, 0.29) is 29.6 Å². The van der Waals surface area contributed by atoms with Crippen LogP contribution < -0.4 is 10.6 Å². The van der Waals surface area contributed by atoms with Crippen LogP contribution in [0.1, 0.15) is 32.1 Å². The summed E-state index contributed by atoms with van der Waals surface area (Å²) in [6.07, 6.45) is 2.33. The fourth-order valence-electron chi connectivity index (χ4n) is 2.55. The Morgan fingerprint density at radius 2 is 1.94 bits per heavy atom. The van der Waals surface area contributed by atoms with Crippen molar-refractivity contribution in [1.29, 1.82) is 0 Å². The molecule has 0 unspecified atom stereocenters. The van der Waals surface area contributed by atoms with E-state index in [4.69, 9.17) is 0 Å². The summed E-state index contributed by atoms with van der Waals surface area (Å²) in [5.74, 6) is -2.17. The minimum absolute atomic E-state index is 0.1000. The summed E-state index contributed by atoms with van der Waals surface area (Å²) >= 11 is 3.24. The molecule has 0 saturated carbocycles. The Morgan fingerprint density at radius 3 is 2.58 bits per heavy atom. The number of hydrogen-bond donors (Lipinski definition) is 5. The Labute approximate surface area is 184 Å². The van der Waals surface area contributed by atoms with Gasteiger partial charge in [-0.1, -0.05) is 12.1 Å². The fraction of sp³-hybridized carbons (Fsp3) is 0.0500. The number of nitrogens with one attached hydrogen (secondary N) is 3. The van der Waals surface area contributed by atoms with E-state index >= 15 is 0 Å². The number of aromatic hydroxyl groups is 1. The molecule has 10 nitrogen and oxygen atoms in total. The molecule has 2 aromatic carbocycles. The Morgan fingerprint density at radius 1 is 1.13 bits per heavy atom. The van der Waals surface area contributed by atoms with Crippen LogP contribution in [0, 0.1) is 0 Å². The largest absolute Gasteiger partial charge is 0.508 e. The number of benzene rings is 2. The van der Waals surface area contributed by atoms with Gasteiger partial charge in [0.15, 0.2) is 0 Å². The molecule has 1 heterocycles. The molecule has 2 amide bonds. The van der Waals surface area contributed by atoms with Crippen LogP contribution in [0.5, 0.6) is 5.75 Å². The van der Waals surface area contributed by atoms with Crippen molar-refractivity contribution in [2.75, 3.05) is 0 Å². The molecule has 31 heavy (non-hydrogen) atoms. The molecule has 1 aromatic heterocycles. The van der Waals surface area contributed by atoms with Crippen LogP contribution in [-0.4, -0.2) is 43.2 Å². The van der Waals surface area contributed by atoms with Gasteiger partial charge >= 0.3 is 5.97 Å². The minimum atomic E-state index is -1.36. The highest BCUT2D eigenvalue weighted by molar-refractivity contribution is 9.10. The quantitative estimate of drug-likeness (QED) is 0.320. The van der Waals surface area contributed by atoms with E-state index in [1.54, 1.807) is 12.1 Å². The molecule has 3 rings (SSSR count). The van der Waals surface area contributed by atoms with Crippen LogP contribution in [0.25, 0.3) is 6.08 Å². The van der Waals surface area contributed by atoms with E-state index in [1.807, 2.05) is 0 Å². The van der Waals surface area contributed by atoms with Crippen molar-refractivity contribution in [3.8, 4) is 5.75 Å². The fourth-order valence-corrected chi connectivity index (χ4v) is 3.11. The number of carbonyl (C=O) groups is 3. The molecule has 0 radical (unpaired) electrons. The molecular weight excluding hydrogens is 470 g/mol. The number of hydrogen-bond acceptors (Lipinski definition) is 6. The van der Waals surface area contributed by atoms with Gasteiger partial charge < -0.3 is 20.8 Å². The van der Waals surface area contributed by atoms with E-state index in [1.165, 1.54) is 36.7 Å². The van der Waals surface area contributed by atoms with Crippen LogP contribution in [0.15, 0.2) is 59.0 Å². The monoisotopic (exact) mass is 485 g/mol. The summed E-state index contributed by atoms with van der Waals surface area (Å²) in [4.78, 5) is 40.1. The molecular formula is C20H16BrN5O5. The molecule has 0 aliphatic carbocycles. The lowest BCUT2D eigenvalue weighted by Crippen LogP contribution is -2.28. The maximum atomic E-state index is 12.5. The first kappa shape index (κ1) is 21.7. The summed E-state index contributed by atoms with van der Waals surface area (Å²) in [6.45, 7) is 0.210. The molecule has 158 valence electrons. The summed E-state index contributed by atoms with van der Waals surface area (Å²) in [5.41, 5.74) is 0.748. The SMILES string of the molecule is O=C(O)/C(=C\c1ncn[nH]1)NC(=O)c1ccc(C(=O)NCc2cccc(O)c2)cc1Br. The predicted molar refractivity (Wildman–Crippen MR) is 113 cm³/mol. The summed E-state index contributed by atoms with van der Waals surface area (Å²) < 4.78 is 0.305. The van der Waals surface area contributed by atoms with Crippen LogP contribution in [-0.2, 0) is 11.3 Å². The number of H-pyrrole nitrogens is 1. The zero-order valence-electron chi connectivity index (χ0n) is 15.8. The standard InChI is InChI=1S/C20H16BrN5O5/c21-15-7-12(18(28)22-9-11-2-1-3-13(27)6-11)4-5-14(15)19(29)25-16(20(30)31)8-17-23-10-24-26-17/h1-8,10,27H,9H2,(H,22,28)(H,25,29)(H,30,31)(H,23,24,26)/b16-8+. The number of nitrogens with zero attached hydrogens (tertiary/aromatic N) is 2. The van der Waals surface area contributed by atoms with Gasteiger partial charge in [-0.05, 0) is 51.8 Å². The molecule has 0 atom stereocenters. The van der Waals surface area contributed by atoms with Crippen molar-refractivity contribution >= 4 is 39.8 Å². The van der Waals surface area contributed by atoms with Crippen LogP contribution >= 0.6 is 15.9 Å². The van der Waals surface area contributed by atoms with Crippen LogP contribution in [0.2, 0.25) is 0 Å². The van der Waals surface area contributed by atoms with Crippen LogP contribution in [0.4, 0.5) is 0 Å². The van der Waals surface area contributed by atoms with E-state index in [0.29, 0.717) is 10.0 Å². The van der Waals surface area contributed by atoms with E-state index < -0.39 is 17.6 Å². The van der Waals surface area contributed by atoms with Crippen molar-refractivity contribution in [1.82, 2.24) is 25.8 Å². The third kappa shape index (κ3) is 5.76. The number of carbonyl (C=O) groups excluding carboxylic acids is 2. The van der Waals surface area contributed by atoms with E-state index in [0.717, 1.165) is 11.6 Å². The van der Waals surface area contributed by atoms with Crippen molar-refractivity contribution in [2.24, 2.45) is 0 Å². The second-order valence-corrected chi connectivity index (χ2v) is 7.09. The number of phenolic OH excluding ortho intramolecular Hbond substituents is 1. The molecule has 0 aliphatic heterocycles. The lowest BCUT2D eigenvalue weighted by Gasteiger charge is -2.10. The number of halogens is 1. The Balaban J connectivity index is 1.69. The number of aromatic nitrogens is 3. The van der Waals surface area contributed by atoms with Gasteiger partial charge in [-0.3, -0.25) is 14.7 Å². The first-order valence-corrected chi connectivity index (χ1v) is 9.60. The first-order chi connectivity index (χ1) is 14.8. The van der Waals surface area contributed by atoms with Crippen molar-refractivity contribution in [3.63, 3.8) is 0 Å². The van der Waals surface area contributed by atoms with Gasteiger partial charge in [-0.2, -0.15) is 5.10 Å². The lowest BCUT2D eigenvalue weighted by molar-refractivity contribution is -0.132. The number of carboxylic acids is 1. The maximum absolute atomic E-state index is 12.5. The van der Waals surface area contributed by atoms with Crippen molar-refractivity contribution in [3.05, 3.63) is 81.5 Å². The van der Waals surface area contributed by atoms with Crippen molar-refractivity contribution in [2.45, 2.75) is 6.54 Å². The zero-order chi connectivity index (χ0) is 22.4. The van der Waals surface area contributed by atoms with Gasteiger partial charge in [-0.15, -0.1) is 0 Å². The van der Waals surface area contributed by atoms with Gasteiger partial charge in [-0.25, -0.2) is 9.78 Å². The Hall–Kier alpha value is -3.99. The predicted octanol–water partition coefficient (Wildman–Crippen LogP) is 2.06. The molecule has 0 spiro atoms. The summed E-state index contributed by atoms with van der Waals surface area (Å²) in [6, 6.07) is 10.8. The molecule has 11 heteroatoms. The second-order valence-electron chi connectivity index (χ2n) is 6.24. The highest BCUT2D eigenvalue weighted by atomic mass is 79.9. The normalized spacial score (nSPS) is 11.1. The third-order valence-corrected chi connectivity index (χ3v) is 4.69.